The number of benzene rings is 1. The van der Waals surface area contributed by atoms with E-state index in [1.807, 2.05) is 36.5 Å². The van der Waals surface area contributed by atoms with E-state index in [4.69, 9.17) is 18.0 Å². The molecule has 0 radical (unpaired) electrons. The molecule has 3 rings (SSSR count). The Morgan fingerprint density at radius 1 is 1.32 bits per heavy atom. The number of rotatable bonds is 2. The summed E-state index contributed by atoms with van der Waals surface area (Å²) < 4.78 is 2.76. The Labute approximate surface area is 128 Å². The van der Waals surface area contributed by atoms with Crippen LogP contribution in [0.5, 0.6) is 0 Å². The summed E-state index contributed by atoms with van der Waals surface area (Å²) in [7, 11) is 0. The SMILES string of the molecule is NC(=S)c1cc(-n2cc(I)cn2)nc2ccccc12. The molecule has 1 aromatic carbocycles. The molecule has 0 saturated heterocycles. The first-order valence-corrected chi connectivity index (χ1v) is 7.04. The molecule has 0 atom stereocenters. The first-order valence-electron chi connectivity index (χ1n) is 5.55. The first kappa shape index (κ1) is 12.5. The highest BCUT2D eigenvalue weighted by Gasteiger charge is 2.09. The maximum Gasteiger partial charge on any atom is 0.154 e. The van der Waals surface area contributed by atoms with Crippen molar-refractivity contribution >= 4 is 50.7 Å². The van der Waals surface area contributed by atoms with Crippen molar-refractivity contribution in [1.29, 1.82) is 0 Å². The second-order valence-corrected chi connectivity index (χ2v) is 5.70. The number of aromatic nitrogens is 3. The molecule has 4 nitrogen and oxygen atoms in total. The number of para-hydroxylation sites is 1. The van der Waals surface area contributed by atoms with E-state index in [1.54, 1.807) is 10.9 Å². The number of thiocarbonyl (C=S) groups is 1. The molecule has 2 aromatic heterocycles. The molecule has 94 valence electrons. The Bertz CT molecular complexity index is 781. The van der Waals surface area contributed by atoms with E-state index in [-0.39, 0.29) is 0 Å². The van der Waals surface area contributed by atoms with Crippen LogP contribution in [0.1, 0.15) is 5.56 Å². The molecule has 3 aromatic rings. The summed E-state index contributed by atoms with van der Waals surface area (Å²) in [6, 6.07) is 9.66. The van der Waals surface area contributed by atoms with Crippen LogP contribution >= 0.6 is 34.8 Å². The average molecular weight is 380 g/mol. The lowest BCUT2D eigenvalue weighted by Gasteiger charge is -2.08. The van der Waals surface area contributed by atoms with Crippen LogP contribution in [0.4, 0.5) is 0 Å². The maximum atomic E-state index is 5.80. The van der Waals surface area contributed by atoms with Crippen molar-refractivity contribution in [2.24, 2.45) is 5.73 Å². The monoisotopic (exact) mass is 380 g/mol. The zero-order valence-corrected chi connectivity index (χ0v) is 12.7. The van der Waals surface area contributed by atoms with Gasteiger partial charge >= 0.3 is 0 Å². The number of hydrogen-bond acceptors (Lipinski definition) is 3. The first-order chi connectivity index (χ1) is 9.15. The minimum atomic E-state index is 0.363. The predicted octanol–water partition coefficient (Wildman–Crippen LogP) is 2.66. The Hall–Kier alpha value is -1.54. The smallest absolute Gasteiger partial charge is 0.154 e. The molecule has 2 heterocycles. The quantitative estimate of drug-likeness (QED) is 0.549. The van der Waals surface area contributed by atoms with Crippen LogP contribution in [-0.2, 0) is 0 Å². The maximum absolute atomic E-state index is 5.80. The summed E-state index contributed by atoms with van der Waals surface area (Å²) >= 11 is 7.33. The topological polar surface area (TPSA) is 56.7 Å². The zero-order chi connectivity index (χ0) is 13.4. The van der Waals surface area contributed by atoms with Gasteiger partial charge in [0.05, 0.1) is 15.3 Å². The van der Waals surface area contributed by atoms with Gasteiger partial charge in [-0.2, -0.15) is 5.10 Å². The molecule has 6 heteroatoms. The Morgan fingerprint density at radius 2 is 2.11 bits per heavy atom. The van der Waals surface area contributed by atoms with Crippen molar-refractivity contribution in [2.45, 2.75) is 0 Å². The van der Waals surface area contributed by atoms with Crippen molar-refractivity contribution < 1.29 is 0 Å². The van der Waals surface area contributed by atoms with Gasteiger partial charge in [0.15, 0.2) is 5.82 Å². The molecule has 2 N–H and O–H groups in total. The van der Waals surface area contributed by atoms with Gasteiger partial charge in [0.1, 0.15) is 4.99 Å². The molecule has 0 spiro atoms. The minimum Gasteiger partial charge on any atom is -0.389 e. The standard InChI is InChI=1S/C13H9IN4S/c14-8-6-16-18(7-8)12-5-10(13(15)19)9-3-1-2-4-11(9)17-12/h1-7H,(H2,15,19). The molecule has 0 aliphatic rings. The fourth-order valence-corrected chi connectivity index (χ4v) is 2.47. The summed E-state index contributed by atoms with van der Waals surface area (Å²) in [6.07, 6.45) is 3.68. The molecular formula is C13H9IN4S. The number of hydrogen-bond donors (Lipinski definition) is 1. The van der Waals surface area contributed by atoms with Crippen LogP contribution in [0.3, 0.4) is 0 Å². The second-order valence-electron chi connectivity index (χ2n) is 4.01. The number of nitrogens with two attached hydrogens (primary N) is 1. The van der Waals surface area contributed by atoms with Gasteiger partial charge in [-0.3, -0.25) is 0 Å². The number of pyridine rings is 1. The van der Waals surface area contributed by atoms with Crippen LogP contribution in [0.25, 0.3) is 16.7 Å². The molecule has 0 aliphatic carbocycles. The summed E-state index contributed by atoms with van der Waals surface area (Å²) in [6.45, 7) is 0. The molecular weight excluding hydrogens is 371 g/mol. The van der Waals surface area contributed by atoms with E-state index in [1.165, 1.54) is 0 Å². The highest BCUT2D eigenvalue weighted by molar-refractivity contribution is 14.1. The van der Waals surface area contributed by atoms with Gasteiger partial charge in [-0.25, -0.2) is 9.67 Å². The van der Waals surface area contributed by atoms with Crippen molar-refractivity contribution in [3.63, 3.8) is 0 Å². The van der Waals surface area contributed by atoms with E-state index < -0.39 is 0 Å². The second kappa shape index (κ2) is 4.86. The van der Waals surface area contributed by atoms with Gasteiger partial charge in [0.2, 0.25) is 0 Å². The lowest BCUT2D eigenvalue weighted by atomic mass is 10.1. The molecule has 0 saturated carbocycles. The van der Waals surface area contributed by atoms with Crippen molar-refractivity contribution in [2.75, 3.05) is 0 Å². The largest absolute Gasteiger partial charge is 0.389 e. The number of fused-ring (bicyclic) bond motifs is 1. The van der Waals surface area contributed by atoms with Crippen molar-refractivity contribution in [3.8, 4) is 5.82 Å². The van der Waals surface area contributed by atoms with Crippen LogP contribution in [0.15, 0.2) is 42.7 Å². The normalized spacial score (nSPS) is 10.8. The van der Waals surface area contributed by atoms with E-state index >= 15 is 0 Å². The van der Waals surface area contributed by atoms with E-state index in [9.17, 15) is 0 Å². The summed E-state index contributed by atoms with van der Waals surface area (Å²) in [5, 5.41) is 5.21. The summed E-state index contributed by atoms with van der Waals surface area (Å²) in [4.78, 5) is 4.95. The van der Waals surface area contributed by atoms with E-state index in [2.05, 4.69) is 32.7 Å². The lowest BCUT2D eigenvalue weighted by molar-refractivity contribution is 0.852. The number of nitrogens with zero attached hydrogens (tertiary/aromatic N) is 3. The Morgan fingerprint density at radius 3 is 2.79 bits per heavy atom. The molecule has 19 heavy (non-hydrogen) atoms. The fraction of sp³-hybridized carbons (Fsp3) is 0. The minimum absolute atomic E-state index is 0.363. The number of halogens is 1. The molecule has 0 unspecified atom stereocenters. The highest BCUT2D eigenvalue weighted by atomic mass is 127. The molecule has 0 fully saturated rings. The fourth-order valence-electron chi connectivity index (χ4n) is 1.91. The lowest BCUT2D eigenvalue weighted by Crippen LogP contribution is -2.12. The molecule has 0 aliphatic heterocycles. The third kappa shape index (κ3) is 2.33. The van der Waals surface area contributed by atoms with E-state index in [0.717, 1.165) is 20.0 Å². The van der Waals surface area contributed by atoms with Gasteiger partial charge in [-0.05, 0) is 34.7 Å². The highest BCUT2D eigenvalue weighted by Crippen LogP contribution is 2.20. The Balaban J connectivity index is 2.30. The van der Waals surface area contributed by atoms with Gasteiger partial charge < -0.3 is 5.73 Å². The summed E-state index contributed by atoms with van der Waals surface area (Å²) in [5.74, 6) is 0.712. The van der Waals surface area contributed by atoms with Gasteiger partial charge in [0.25, 0.3) is 0 Å². The third-order valence-electron chi connectivity index (χ3n) is 2.75. The van der Waals surface area contributed by atoms with Gasteiger partial charge in [-0.15, -0.1) is 0 Å². The van der Waals surface area contributed by atoms with E-state index in [0.29, 0.717) is 10.8 Å². The van der Waals surface area contributed by atoms with Crippen LogP contribution < -0.4 is 5.73 Å². The third-order valence-corrected chi connectivity index (χ3v) is 3.53. The zero-order valence-electron chi connectivity index (χ0n) is 9.75. The van der Waals surface area contributed by atoms with Crippen LogP contribution in [0.2, 0.25) is 0 Å². The van der Waals surface area contributed by atoms with Crippen LogP contribution in [0, 0.1) is 3.57 Å². The van der Waals surface area contributed by atoms with Crippen molar-refractivity contribution in [3.05, 3.63) is 51.9 Å². The van der Waals surface area contributed by atoms with Crippen LogP contribution in [-0.4, -0.2) is 19.8 Å². The summed E-state index contributed by atoms with van der Waals surface area (Å²) in [5.41, 5.74) is 7.48. The predicted molar refractivity (Wildman–Crippen MR) is 87.5 cm³/mol. The average Bonchev–Trinajstić information content (AvgIpc) is 2.84. The van der Waals surface area contributed by atoms with Crippen molar-refractivity contribution in [1.82, 2.24) is 14.8 Å². The Kier molecular flexibility index (Phi) is 3.19. The molecule has 0 amide bonds. The molecule has 0 bridgehead atoms. The van der Waals surface area contributed by atoms with Gasteiger partial charge in [0, 0.05) is 17.1 Å². The van der Waals surface area contributed by atoms with Gasteiger partial charge in [-0.1, -0.05) is 30.4 Å².